The Balaban J connectivity index is 1.43. The maximum absolute atomic E-state index is 12.9. The van der Waals surface area contributed by atoms with Gasteiger partial charge < -0.3 is 15.5 Å². The van der Waals surface area contributed by atoms with Crippen LogP contribution >= 0.6 is 11.3 Å². The van der Waals surface area contributed by atoms with Crippen molar-refractivity contribution in [3.8, 4) is 0 Å². The van der Waals surface area contributed by atoms with E-state index in [1.807, 2.05) is 26.5 Å². The number of aromatic nitrogens is 2. The Labute approximate surface area is 193 Å². The van der Waals surface area contributed by atoms with E-state index in [9.17, 15) is 4.79 Å². The van der Waals surface area contributed by atoms with Crippen LogP contribution in [0, 0.1) is 0 Å². The van der Waals surface area contributed by atoms with Crippen molar-refractivity contribution in [1.82, 2.24) is 20.2 Å². The van der Waals surface area contributed by atoms with Gasteiger partial charge in [0, 0.05) is 31.9 Å². The normalized spacial score (nSPS) is 17.7. The first-order valence-electron chi connectivity index (χ1n) is 11.7. The average Bonchev–Trinajstić information content (AvgIpc) is 3.47. The molecule has 5 rings (SSSR count). The third-order valence-electron chi connectivity index (χ3n) is 6.83. The molecule has 6 nitrogen and oxygen atoms in total. The van der Waals surface area contributed by atoms with E-state index in [4.69, 9.17) is 0 Å². The lowest BCUT2D eigenvalue weighted by Gasteiger charge is -2.22. The van der Waals surface area contributed by atoms with Crippen molar-refractivity contribution in [2.24, 2.45) is 0 Å². The van der Waals surface area contributed by atoms with Gasteiger partial charge in [0.2, 0.25) is 0 Å². The maximum Gasteiger partial charge on any atom is 0.263 e. The second-order valence-corrected chi connectivity index (χ2v) is 10.3. The van der Waals surface area contributed by atoms with Gasteiger partial charge in [-0.2, -0.15) is 0 Å². The van der Waals surface area contributed by atoms with Crippen molar-refractivity contribution in [1.29, 1.82) is 0 Å². The van der Waals surface area contributed by atoms with Crippen LogP contribution in [-0.4, -0.2) is 48.0 Å². The molecule has 1 aliphatic heterocycles. The lowest BCUT2D eigenvalue weighted by atomic mass is 9.91. The Morgan fingerprint density at radius 1 is 1.03 bits per heavy atom. The summed E-state index contributed by atoms with van der Waals surface area (Å²) in [5.41, 5.74) is 2.54. The summed E-state index contributed by atoms with van der Waals surface area (Å²) in [4.78, 5) is 24.8. The molecule has 0 aromatic carbocycles. The van der Waals surface area contributed by atoms with Crippen LogP contribution in [0.3, 0.4) is 0 Å². The highest BCUT2D eigenvalue weighted by Gasteiger charge is 2.28. The predicted octanol–water partition coefficient (Wildman–Crippen LogP) is 5.26. The van der Waals surface area contributed by atoms with Gasteiger partial charge in [-0.05, 0) is 73.9 Å². The molecule has 32 heavy (non-hydrogen) atoms. The zero-order chi connectivity index (χ0) is 22.1. The van der Waals surface area contributed by atoms with Crippen LogP contribution in [0.4, 0.5) is 11.6 Å². The Kier molecular flexibility index (Phi) is 6.11. The van der Waals surface area contributed by atoms with Crippen LogP contribution < -0.4 is 10.6 Å². The fraction of sp³-hybridized carbons (Fsp3) is 0.480. The molecular formula is C25H31N5OS. The molecule has 3 aromatic rings. The van der Waals surface area contributed by atoms with Crippen LogP contribution in [0.25, 0.3) is 10.1 Å². The van der Waals surface area contributed by atoms with Crippen molar-refractivity contribution >= 4 is 39.0 Å². The monoisotopic (exact) mass is 449 g/mol. The van der Waals surface area contributed by atoms with E-state index in [-0.39, 0.29) is 5.91 Å². The van der Waals surface area contributed by atoms with E-state index in [0.717, 1.165) is 52.5 Å². The summed E-state index contributed by atoms with van der Waals surface area (Å²) < 4.78 is 1.08. The summed E-state index contributed by atoms with van der Waals surface area (Å²) in [6.07, 6.45) is 11.0. The number of carbonyl (C=O) groups excluding carboxylic acids is 1. The molecule has 2 N–H and O–H groups in total. The molecule has 1 saturated carbocycles. The van der Waals surface area contributed by atoms with Crippen molar-refractivity contribution in [3.63, 3.8) is 0 Å². The SMILES string of the molecule is CN(C)C(=O)c1sc2cnc(Nc3ccc(C4CCNCC4)cn3)cc2c1C1CCCC1. The first kappa shape index (κ1) is 21.3. The number of piperidine rings is 1. The fourth-order valence-electron chi connectivity index (χ4n) is 5.08. The minimum Gasteiger partial charge on any atom is -0.344 e. The van der Waals surface area contributed by atoms with E-state index in [2.05, 4.69) is 38.8 Å². The van der Waals surface area contributed by atoms with Gasteiger partial charge in [0.05, 0.1) is 9.58 Å². The minimum atomic E-state index is 0.0952. The van der Waals surface area contributed by atoms with Gasteiger partial charge in [0.1, 0.15) is 11.6 Å². The van der Waals surface area contributed by atoms with Gasteiger partial charge in [-0.15, -0.1) is 11.3 Å². The average molecular weight is 450 g/mol. The van der Waals surface area contributed by atoms with E-state index in [1.165, 1.54) is 36.8 Å². The number of hydrogen-bond donors (Lipinski definition) is 2. The summed E-state index contributed by atoms with van der Waals surface area (Å²) >= 11 is 1.58. The number of anilines is 2. The molecule has 1 saturated heterocycles. The third-order valence-corrected chi connectivity index (χ3v) is 7.98. The van der Waals surface area contributed by atoms with E-state index in [0.29, 0.717) is 11.8 Å². The number of hydrogen-bond acceptors (Lipinski definition) is 6. The zero-order valence-electron chi connectivity index (χ0n) is 18.9. The summed E-state index contributed by atoms with van der Waals surface area (Å²) in [6.45, 7) is 2.16. The summed E-state index contributed by atoms with van der Waals surface area (Å²) in [5.74, 6) is 2.73. The topological polar surface area (TPSA) is 70.2 Å². The summed E-state index contributed by atoms with van der Waals surface area (Å²) in [7, 11) is 3.66. The Morgan fingerprint density at radius 3 is 2.47 bits per heavy atom. The van der Waals surface area contributed by atoms with Gasteiger partial charge in [-0.1, -0.05) is 18.9 Å². The van der Waals surface area contributed by atoms with Crippen LogP contribution in [0.1, 0.15) is 71.2 Å². The number of thiophene rings is 1. The second kappa shape index (κ2) is 9.16. The van der Waals surface area contributed by atoms with Crippen LogP contribution in [0.2, 0.25) is 0 Å². The highest BCUT2D eigenvalue weighted by Crippen LogP contribution is 2.44. The fourth-order valence-corrected chi connectivity index (χ4v) is 6.34. The van der Waals surface area contributed by atoms with E-state index in [1.54, 1.807) is 16.2 Å². The lowest BCUT2D eigenvalue weighted by Crippen LogP contribution is -2.26. The first-order valence-corrected chi connectivity index (χ1v) is 12.5. The van der Waals surface area contributed by atoms with Crippen LogP contribution in [-0.2, 0) is 0 Å². The molecule has 0 unspecified atom stereocenters. The number of pyridine rings is 2. The molecular weight excluding hydrogens is 418 g/mol. The van der Waals surface area contributed by atoms with Gasteiger partial charge >= 0.3 is 0 Å². The second-order valence-electron chi connectivity index (χ2n) is 9.22. The number of rotatable bonds is 5. The molecule has 0 spiro atoms. The molecule has 0 atom stereocenters. The Hall–Kier alpha value is -2.51. The number of amides is 1. The Morgan fingerprint density at radius 2 is 1.78 bits per heavy atom. The van der Waals surface area contributed by atoms with Crippen LogP contribution in [0.15, 0.2) is 30.6 Å². The van der Waals surface area contributed by atoms with Crippen molar-refractivity contribution in [2.75, 3.05) is 32.5 Å². The molecule has 2 aliphatic rings. The van der Waals surface area contributed by atoms with E-state index < -0.39 is 0 Å². The van der Waals surface area contributed by atoms with Crippen molar-refractivity contribution in [3.05, 3.63) is 46.6 Å². The molecule has 7 heteroatoms. The number of nitrogens with one attached hydrogen (secondary N) is 2. The molecule has 1 aliphatic carbocycles. The van der Waals surface area contributed by atoms with E-state index >= 15 is 0 Å². The smallest absolute Gasteiger partial charge is 0.263 e. The molecule has 0 bridgehead atoms. The van der Waals surface area contributed by atoms with Gasteiger partial charge in [0.25, 0.3) is 5.91 Å². The lowest BCUT2D eigenvalue weighted by molar-refractivity contribution is 0.0831. The molecule has 4 heterocycles. The standard InChI is InChI=1S/C25H31N5OS/c1-30(2)25(31)24-23(17-5-3-4-6-17)19-13-22(28-15-20(19)32-24)29-21-8-7-18(14-27-21)16-9-11-26-12-10-16/h7-8,13-17,26H,3-6,9-12H2,1-2H3,(H,27,28,29). The third kappa shape index (κ3) is 4.24. The highest BCUT2D eigenvalue weighted by atomic mass is 32.1. The number of carbonyl (C=O) groups is 1. The molecule has 168 valence electrons. The molecule has 3 aromatic heterocycles. The molecule has 0 radical (unpaired) electrons. The first-order chi connectivity index (χ1) is 15.6. The van der Waals surface area contributed by atoms with Crippen molar-refractivity contribution in [2.45, 2.75) is 50.4 Å². The quantitative estimate of drug-likeness (QED) is 0.556. The zero-order valence-corrected chi connectivity index (χ0v) is 19.7. The summed E-state index contributed by atoms with van der Waals surface area (Å²) in [6, 6.07) is 6.34. The van der Waals surface area contributed by atoms with Crippen molar-refractivity contribution < 1.29 is 4.79 Å². The molecule has 1 amide bonds. The summed E-state index contributed by atoms with van der Waals surface area (Å²) in [5, 5.41) is 7.96. The molecule has 2 fully saturated rings. The van der Waals surface area contributed by atoms with Gasteiger partial charge in [-0.25, -0.2) is 9.97 Å². The minimum absolute atomic E-state index is 0.0952. The van der Waals surface area contributed by atoms with Gasteiger partial charge in [-0.3, -0.25) is 4.79 Å². The number of nitrogens with zero attached hydrogens (tertiary/aromatic N) is 3. The number of fused-ring (bicyclic) bond motifs is 1. The largest absolute Gasteiger partial charge is 0.344 e. The van der Waals surface area contributed by atoms with Gasteiger partial charge in [0.15, 0.2) is 0 Å². The van der Waals surface area contributed by atoms with Crippen LogP contribution in [0.5, 0.6) is 0 Å². The highest BCUT2D eigenvalue weighted by molar-refractivity contribution is 7.21. The Bertz CT molecular complexity index is 1100. The predicted molar refractivity (Wildman–Crippen MR) is 131 cm³/mol. The maximum atomic E-state index is 12.9.